The highest BCUT2D eigenvalue weighted by atomic mass is 16.1. The van der Waals surface area contributed by atoms with Gasteiger partial charge in [-0.05, 0) is 6.92 Å². The standard InChI is InChI=1S/C10H14N6O/c1-2-16-4-3-12-9(10(16)17)13-5-7-6-14-15-8(7)11/h3-4,6H,2,5H2,1H3,(H,12,13)(H3,11,14,15). The van der Waals surface area contributed by atoms with Crippen LogP contribution in [0.1, 0.15) is 12.5 Å². The molecule has 0 amide bonds. The van der Waals surface area contributed by atoms with E-state index in [9.17, 15) is 4.79 Å². The molecule has 0 fully saturated rings. The van der Waals surface area contributed by atoms with Gasteiger partial charge in [-0.3, -0.25) is 9.89 Å². The summed E-state index contributed by atoms with van der Waals surface area (Å²) in [5.74, 6) is 0.805. The van der Waals surface area contributed by atoms with Gasteiger partial charge >= 0.3 is 0 Å². The number of nitrogens with one attached hydrogen (secondary N) is 2. The Kier molecular flexibility index (Phi) is 3.08. The molecule has 0 aliphatic carbocycles. The summed E-state index contributed by atoms with van der Waals surface area (Å²) in [5, 5.41) is 9.37. The molecule has 0 bridgehead atoms. The van der Waals surface area contributed by atoms with Crippen LogP contribution in [0.2, 0.25) is 0 Å². The number of nitrogens with two attached hydrogens (primary N) is 1. The summed E-state index contributed by atoms with van der Waals surface area (Å²) in [6.45, 7) is 2.93. The van der Waals surface area contributed by atoms with Crippen molar-refractivity contribution in [3.8, 4) is 0 Å². The lowest BCUT2D eigenvalue weighted by atomic mass is 10.3. The number of aromatic nitrogens is 4. The molecule has 0 saturated carbocycles. The van der Waals surface area contributed by atoms with Crippen molar-refractivity contribution in [2.75, 3.05) is 11.1 Å². The molecule has 0 unspecified atom stereocenters. The first kappa shape index (κ1) is 11.2. The molecule has 0 aliphatic rings. The first-order valence-corrected chi connectivity index (χ1v) is 5.29. The zero-order chi connectivity index (χ0) is 12.3. The second-order valence-electron chi connectivity index (χ2n) is 3.53. The molecule has 0 spiro atoms. The van der Waals surface area contributed by atoms with Crippen molar-refractivity contribution < 1.29 is 0 Å². The second-order valence-corrected chi connectivity index (χ2v) is 3.53. The minimum absolute atomic E-state index is 0.142. The predicted octanol–water partition coefficient (Wildman–Crippen LogP) is 0.181. The summed E-state index contributed by atoms with van der Waals surface area (Å²) in [7, 11) is 0. The summed E-state index contributed by atoms with van der Waals surface area (Å²) in [6.07, 6.45) is 4.86. The van der Waals surface area contributed by atoms with E-state index >= 15 is 0 Å². The summed E-state index contributed by atoms with van der Waals surface area (Å²) < 4.78 is 1.58. The van der Waals surface area contributed by atoms with Crippen molar-refractivity contribution in [1.82, 2.24) is 19.7 Å². The number of H-pyrrole nitrogens is 1. The molecule has 7 nitrogen and oxygen atoms in total. The molecule has 0 radical (unpaired) electrons. The molecule has 2 heterocycles. The lowest BCUT2D eigenvalue weighted by Crippen LogP contribution is -2.23. The Morgan fingerprint density at radius 2 is 2.41 bits per heavy atom. The van der Waals surface area contributed by atoms with E-state index in [1.807, 2.05) is 6.92 Å². The molecular weight excluding hydrogens is 220 g/mol. The largest absolute Gasteiger partial charge is 0.384 e. The van der Waals surface area contributed by atoms with E-state index in [0.717, 1.165) is 5.56 Å². The first-order valence-electron chi connectivity index (χ1n) is 5.29. The number of hydrogen-bond acceptors (Lipinski definition) is 5. The molecular formula is C10H14N6O. The van der Waals surface area contributed by atoms with Gasteiger partial charge in [0.25, 0.3) is 5.56 Å². The quantitative estimate of drug-likeness (QED) is 0.700. The third kappa shape index (κ3) is 2.27. The third-order valence-electron chi connectivity index (χ3n) is 2.45. The Bertz CT molecular complexity index is 558. The van der Waals surface area contributed by atoms with Crippen molar-refractivity contribution in [2.45, 2.75) is 20.0 Å². The number of aromatic amines is 1. The van der Waals surface area contributed by atoms with E-state index in [1.54, 1.807) is 23.2 Å². The maximum absolute atomic E-state index is 11.8. The number of rotatable bonds is 4. The van der Waals surface area contributed by atoms with Crippen LogP contribution in [-0.2, 0) is 13.1 Å². The molecule has 90 valence electrons. The van der Waals surface area contributed by atoms with Gasteiger partial charge < -0.3 is 15.6 Å². The van der Waals surface area contributed by atoms with Crippen molar-refractivity contribution in [2.24, 2.45) is 0 Å². The van der Waals surface area contributed by atoms with Crippen molar-refractivity contribution in [3.05, 3.63) is 34.5 Å². The molecule has 4 N–H and O–H groups in total. The van der Waals surface area contributed by atoms with E-state index in [2.05, 4.69) is 20.5 Å². The Balaban J connectivity index is 2.15. The van der Waals surface area contributed by atoms with Crippen molar-refractivity contribution in [1.29, 1.82) is 0 Å². The second kappa shape index (κ2) is 4.69. The van der Waals surface area contributed by atoms with Crippen LogP contribution in [0.3, 0.4) is 0 Å². The highest BCUT2D eigenvalue weighted by Crippen LogP contribution is 2.07. The van der Waals surface area contributed by atoms with Crippen LogP contribution < -0.4 is 16.6 Å². The van der Waals surface area contributed by atoms with Gasteiger partial charge in [-0.2, -0.15) is 5.10 Å². The number of nitrogen functional groups attached to an aromatic ring is 1. The smallest absolute Gasteiger partial charge is 0.293 e. The molecule has 17 heavy (non-hydrogen) atoms. The molecule has 0 aliphatic heterocycles. The fourth-order valence-corrected chi connectivity index (χ4v) is 1.46. The van der Waals surface area contributed by atoms with Crippen LogP contribution in [0, 0.1) is 0 Å². The van der Waals surface area contributed by atoms with Gasteiger partial charge in [-0.25, -0.2) is 4.98 Å². The number of aryl methyl sites for hydroxylation is 1. The van der Waals surface area contributed by atoms with Crippen LogP contribution in [0.4, 0.5) is 11.6 Å². The van der Waals surface area contributed by atoms with Crippen LogP contribution in [0.15, 0.2) is 23.4 Å². The van der Waals surface area contributed by atoms with Crippen LogP contribution in [0.25, 0.3) is 0 Å². The van der Waals surface area contributed by atoms with Gasteiger partial charge in [-0.15, -0.1) is 0 Å². The Morgan fingerprint density at radius 3 is 3.06 bits per heavy atom. The Morgan fingerprint density at radius 1 is 1.59 bits per heavy atom. The summed E-state index contributed by atoms with van der Waals surface area (Å²) >= 11 is 0. The molecule has 2 aromatic heterocycles. The number of anilines is 2. The third-order valence-corrected chi connectivity index (χ3v) is 2.45. The molecule has 7 heteroatoms. The van der Waals surface area contributed by atoms with E-state index < -0.39 is 0 Å². The first-order chi connectivity index (χ1) is 8.22. The SMILES string of the molecule is CCn1ccnc(NCc2cn[nH]c2N)c1=O. The Hall–Kier alpha value is -2.31. The van der Waals surface area contributed by atoms with Crippen LogP contribution in [-0.4, -0.2) is 19.7 Å². The summed E-state index contributed by atoms with van der Waals surface area (Å²) in [5.41, 5.74) is 6.30. The minimum atomic E-state index is -0.142. The van der Waals surface area contributed by atoms with E-state index in [1.165, 1.54) is 0 Å². The lowest BCUT2D eigenvalue weighted by molar-refractivity contribution is 0.718. The topological polar surface area (TPSA) is 102 Å². The highest BCUT2D eigenvalue weighted by molar-refractivity contribution is 5.40. The zero-order valence-corrected chi connectivity index (χ0v) is 9.47. The minimum Gasteiger partial charge on any atom is -0.384 e. The van der Waals surface area contributed by atoms with Gasteiger partial charge in [0.15, 0.2) is 5.82 Å². The fraction of sp³-hybridized carbons (Fsp3) is 0.300. The van der Waals surface area contributed by atoms with Crippen molar-refractivity contribution >= 4 is 11.6 Å². The Labute approximate surface area is 97.7 Å². The molecule has 0 saturated heterocycles. The van der Waals surface area contributed by atoms with Crippen LogP contribution in [0.5, 0.6) is 0 Å². The summed E-state index contributed by atoms with van der Waals surface area (Å²) in [4.78, 5) is 15.8. The molecule has 2 rings (SSSR count). The number of hydrogen-bond donors (Lipinski definition) is 3. The van der Waals surface area contributed by atoms with Gasteiger partial charge in [0, 0.05) is 31.0 Å². The van der Waals surface area contributed by atoms with Crippen molar-refractivity contribution in [3.63, 3.8) is 0 Å². The average Bonchev–Trinajstić information content (AvgIpc) is 2.74. The van der Waals surface area contributed by atoms with Gasteiger partial charge in [0.05, 0.1) is 6.20 Å². The maximum Gasteiger partial charge on any atom is 0.293 e. The maximum atomic E-state index is 11.8. The molecule has 0 aromatic carbocycles. The monoisotopic (exact) mass is 234 g/mol. The molecule has 2 aromatic rings. The fourth-order valence-electron chi connectivity index (χ4n) is 1.46. The van der Waals surface area contributed by atoms with Crippen LogP contribution >= 0.6 is 0 Å². The van der Waals surface area contributed by atoms with E-state index in [4.69, 9.17) is 5.73 Å². The van der Waals surface area contributed by atoms with E-state index in [-0.39, 0.29) is 5.56 Å². The average molecular weight is 234 g/mol. The van der Waals surface area contributed by atoms with E-state index in [0.29, 0.717) is 24.7 Å². The van der Waals surface area contributed by atoms with Gasteiger partial charge in [-0.1, -0.05) is 0 Å². The van der Waals surface area contributed by atoms with Gasteiger partial charge in [0.1, 0.15) is 5.82 Å². The number of nitrogens with zero attached hydrogens (tertiary/aromatic N) is 3. The van der Waals surface area contributed by atoms with Gasteiger partial charge in [0.2, 0.25) is 0 Å². The predicted molar refractivity (Wildman–Crippen MR) is 64.5 cm³/mol. The zero-order valence-electron chi connectivity index (χ0n) is 9.47. The highest BCUT2D eigenvalue weighted by Gasteiger charge is 2.05. The molecule has 0 atom stereocenters. The lowest BCUT2D eigenvalue weighted by Gasteiger charge is -2.06. The normalized spacial score (nSPS) is 10.4. The summed E-state index contributed by atoms with van der Waals surface area (Å²) in [6, 6.07) is 0.